The van der Waals surface area contributed by atoms with Crippen molar-refractivity contribution in [2.45, 2.75) is 34.5 Å². The van der Waals surface area contributed by atoms with Gasteiger partial charge in [-0.1, -0.05) is 176 Å². The van der Waals surface area contributed by atoms with E-state index in [0.717, 1.165) is 114 Å². The maximum Gasteiger partial charge on any atom is 1.00 e. The average Bonchev–Trinajstić information content (AvgIpc) is 1.50. The minimum atomic E-state index is -5.18. The van der Waals surface area contributed by atoms with Crippen molar-refractivity contribution < 1.29 is 180 Å². The van der Waals surface area contributed by atoms with E-state index in [1.165, 1.54) is 32.0 Å². The Morgan fingerprint density at radius 3 is 0.728 bits per heavy atom. The van der Waals surface area contributed by atoms with Gasteiger partial charge in [-0.05, 0) is 230 Å². The monoisotopic (exact) mass is 1880 g/mol. The molecule has 0 amide bonds. The second kappa shape index (κ2) is 44.9. The molecule has 0 saturated heterocycles. The van der Waals surface area contributed by atoms with Gasteiger partial charge < -0.3 is 65.9 Å². The van der Waals surface area contributed by atoms with Crippen LogP contribution in [0, 0.1) is 0 Å². The first-order valence-corrected chi connectivity index (χ1v) is 45.2. The van der Waals surface area contributed by atoms with Crippen molar-refractivity contribution in [3.8, 4) is 45.3 Å². The van der Waals surface area contributed by atoms with Crippen LogP contribution in [0.3, 0.4) is 0 Å². The van der Waals surface area contributed by atoms with Crippen molar-refractivity contribution in [1.82, 2.24) is 0 Å². The Morgan fingerprint density at radius 1 is 0.250 bits per heavy atom. The first-order valence-electron chi connectivity index (χ1n) is 42.4. The van der Waals surface area contributed by atoms with Crippen LogP contribution in [0.25, 0.3) is 43.8 Å². The van der Waals surface area contributed by atoms with E-state index in [4.69, 9.17) is 56.8 Å². The Bertz CT molecular complexity index is 6980. The van der Waals surface area contributed by atoms with Gasteiger partial charge in [0.1, 0.15) is 109 Å². The maximum atomic E-state index is 13.2. The Hall–Kier alpha value is -13.3. The van der Waals surface area contributed by atoms with E-state index in [9.17, 15) is 64.3 Å². The van der Waals surface area contributed by atoms with Gasteiger partial charge in [0.15, 0.2) is 11.6 Å². The molecule has 0 aliphatic heterocycles. The number of ether oxygens (including phenoxy) is 12. The zero-order chi connectivity index (χ0) is 94.3. The number of fused-ring (bicyclic) bond motifs is 8. The molecule has 30 heteroatoms. The number of Topliss-reactive ketones (excluding diaryl/α,β-unsaturated/α-hetero) is 2. The third kappa shape index (κ3) is 22.6. The van der Waals surface area contributed by atoms with E-state index in [1.807, 2.05) is 72.8 Å². The molecular formula is C106H86Na2O26S2. The second-order valence-corrected chi connectivity index (χ2v) is 33.8. The van der Waals surface area contributed by atoms with Crippen molar-refractivity contribution >= 4 is 89.2 Å². The molecule has 0 N–H and O–H groups in total. The molecule has 0 unspecified atom stereocenters. The van der Waals surface area contributed by atoms with Crippen molar-refractivity contribution in [3.63, 3.8) is 0 Å². The minimum absolute atomic E-state index is 0. The van der Waals surface area contributed by atoms with Gasteiger partial charge in [0.25, 0.3) is 0 Å². The van der Waals surface area contributed by atoms with Crippen LogP contribution < -0.4 is 78.1 Å². The molecule has 2 aliphatic carbocycles. The average molecular weight is 1890 g/mol. The molecule has 26 nitrogen and oxygen atoms in total. The molecule has 14 aromatic rings. The minimum Gasteiger partial charge on any atom is -0.744 e. The fourth-order valence-corrected chi connectivity index (χ4v) is 17.6. The molecule has 0 atom stereocenters. The number of hydrogen-bond acceptors (Lipinski definition) is 26. The molecule has 0 aromatic heterocycles. The molecule has 0 radical (unpaired) electrons. The van der Waals surface area contributed by atoms with Crippen LogP contribution >= 0.6 is 0 Å². The molecular weight excluding hydrogens is 1800 g/mol. The third-order valence-corrected chi connectivity index (χ3v) is 24.4. The van der Waals surface area contributed by atoms with Crippen LogP contribution in [0.1, 0.15) is 141 Å². The van der Waals surface area contributed by atoms with E-state index in [1.54, 1.807) is 74.9 Å². The first kappa shape index (κ1) is 100. The zero-order valence-electron chi connectivity index (χ0n) is 74.8. The number of rotatable bonds is 36. The summed E-state index contributed by atoms with van der Waals surface area (Å²) >= 11 is 0. The van der Waals surface area contributed by atoms with Crippen molar-refractivity contribution in [2.75, 3.05) is 93.5 Å². The molecule has 0 fully saturated rings. The molecule has 16 rings (SSSR count). The predicted molar refractivity (Wildman–Crippen MR) is 492 cm³/mol. The van der Waals surface area contributed by atoms with E-state index < -0.39 is 120 Å². The zero-order valence-corrected chi connectivity index (χ0v) is 80.4. The summed E-state index contributed by atoms with van der Waals surface area (Å²) in [4.78, 5) is 99.5. The first-order chi connectivity index (χ1) is 64.7. The van der Waals surface area contributed by atoms with E-state index in [2.05, 4.69) is 121 Å². The van der Waals surface area contributed by atoms with Gasteiger partial charge in [0.2, 0.25) is 0 Å². The summed E-state index contributed by atoms with van der Waals surface area (Å²) in [7, 11) is -6.80. The second-order valence-electron chi connectivity index (χ2n) is 31.0. The summed E-state index contributed by atoms with van der Waals surface area (Å²) in [6, 6.07) is 90.5. The fourth-order valence-electron chi connectivity index (χ4n) is 16.5. The standard InChI is InChI=1S/C67H54O17S.C39H34O9S.2Na/c1-42(68)43-11-12-45-36-48(16-13-44(45)35-43)63(70)81-31-33-83-65(72)51-39-52(41-57(40-51)85(74,75)76)66(73)84-34-32-82-64(71)50-18-15-46-37-49(17-14-47(46)38-50)62(69)80-30-29-79-56-25-21-54(22-26-56)67(53-19-23-55(24-20-53)78-28-27-77-2)60-9-5-3-7-58(60)59-8-4-6-10-61(59)67;1-26(40)27-23-28(25-33(24-27)49(42,43)44)38(41)48-22-21-47-32-17-13-30(14-18-32)39(29-11-15-31(16-12-29)46-20-19-45-2)36-9-5-3-7-34(36)35-8-4-6-10-37(35)39;;/h3-26,35-41H,27-34H2,1-2H3,(H,74,75,76);3-18,23-25H,19-22H2,1-2H3,(H,42,43,44);;/q;;2*+1/p-2. The maximum absolute atomic E-state index is 13.2. The largest absolute Gasteiger partial charge is 1.00 e. The Kier molecular flexibility index (Phi) is 33.1. The van der Waals surface area contributed by atoms with Gasteiger partial charge in [-0.25, -0.2) is 45.6 Å². The Labute approximate surface area is 828 Å². The summed E-state index contributed by atoms with van der Waals surface area (Å²) in [5.74, 6) is -3.20. The van der Waals surface area contributed by atoms with Gasteiger partial charge in [0, 0.05) is 25.3 Å². The van der Waals surface area contributed by atoms with Gasteiger partial charge in [-0.2, -0.15) is 0 Å². The van der Waals surface area contributed by atoms with E-state index in [0.29, 0.717) is 59.6 Å². The number of esters is 6. The van der Waals surface area contributed by atoms with Gasteiger partial charge in [-0.3, -0.25) is 9.59 Å². The van der Waals surface area contributed by atoms with Crippen molar-refractivity contribution in [2.24, 2.45) is 0 Å². The summed E-state index contributed by atoms with van der Waals surface area (Å²) in [5.41, 5.74) is 12.1. The quantitative estimate of drug-likeness (QED) is 0.00879. The number of benzene rings is 14. The van der Waals surface area contributed by atoms with Crippen molar-refractivity contribution in [3.05, 3.63) is 392 Å². The summed E-state index contributed by atoms with van der Waals surface area (Å²) in [6.45, 7) is 2.63. The molecule has 0 spiro atoms. The normalized spacial score (nSPS) is 12.2. The smallest absolute Gasteiger partial charge is 0.744 e. The number of methoxy groups -OCH3 is 2. The number of hydrogen-bond donors (Lipinski definition) is 0. The van der Waals surface area contributed by atoms with Crippen molar-refractivity contribution in [1.29, 1.82) is 0 Å². The topological polar surface area (TPSA) is 362 Å². The molecule has 0 bridgehead atoms. The Morgan fingerprint density at radius 2 is 0.471 bits per heavy atom. The van der Waals surface area contributed by atoms with Gasteiger partial charge in [-0.15, -0.1) is 0 Å². The van der Waals surface area contributed by atoms with E-state index in [-0.39, 0.29) is 119 Å². The van der Waals surface area contributed by atoms with Crippen LogP contribution in [-0.4, -0.2) is 167 Å². The van der Waals surface area contributed by atoms with Crippen LogP contribution in [0.5, 0.6) is 23.0 Å². The fraction of sp³-hybridized carbons (Fsp3) is 0.170. The third-order valence-electron chi connectivity index (χ3n) is 22.7. The molecule has 680 valence electrons. The number of carbonyl (C=O) groups is 8. The predicted octanol–water partition coefficient (Wildman–Crippen LogP) is 11.2. The van der Waals surface area contributed by atoms with Crippen LogP contribution in [0.15, 0.2) is 313 Å². The molecule has 14 aromatic carbocycles. The summed E-state index contributed by atoms with van der Waals surface area (Å²) in [6.07, 6.45) is 0. The summed E-state index contributed by atoms with van der Waals surface area (Å²) in [5, 5.41) is 2.66. The molecule has 0 heterocycles. The number of ketones is 2. The number of carbonyl (C=O) groups excluding carboxylic acids is 8. The molecule has 136 heavy (non-hydrogen) atoms. The van der Waals surface area contributed by atoms with Gasteiger partial charge in [0.05, 0.1) is 67.2 Å². The summed E-state index contributed by atoms with van der Waals surface area (Å²) < 4.78 is 136. The van der Waals surface area contributed by atoms with Crippen LogP contribution in [0.4, 0.5) is 0 Å². The molecule has 2 aliphatic rings. The van der Waals surface area contributed by atoms with Crippen LogP contribution in [-0.2, 0) is 69.0 Å². The van der Waals surface area contributed by atoms with Gasteiger partial charge >= 0.3 is 94.9 Å². The SMILES string of the molecule is COCCOc1ccc(C2(c3ccc(OCCOC(=O)c4cc(C(C)=O)cc(S(=O)(=O)[O-])c4)cc3)c3ccccc3-c3ccccc32)cc1.COCCOc1ccc(C2(c3ccc(OCCOC(=O)c4ccc5cc(C(=O)OCCOC(=O)c6cc(C(=O)OCCOC(=O)c7ccc8cc(C(C)=O)ccc8c7)cc(S(=O)(=O)[O-])c6)ccc5c4)cc3)c3ccccc3-c3ccccc32)cc1.[Na+].[Na+]. The molecule has 0 saturated carbocycles. The van der Waals surface area contributed by atoms with E-state index >= 15 is 0 Å². The van der Waals surface area contributed by atoms with Crippen LogP contribution in [0.2, 0.25) is 0 Å². The Balaban J connectivity index is 0.000000260.